The number of hydrazine groups is 1. The third-order valence-electron chi connectivity index (χ3n) is 4.74. The van der Waals surface area contributed by atoms with E-state index in [-0.39, 0.29) is 29.6 Å². The van der Waals surface area contributed by atoms with Crippen LogP contribution in [0.3, 0.4) is 0 Å². The Bertz CT molecular complexity index is 716. The number of allylic oxidation sites excluding steroid dienone is 2. The SMILES string of the molecule is C=C(/C(F)=C(\NN)NC(=O)CC(C)CN1CCCCC1)c1cncc(OC)c1. The van der Waals surface area contributed by atoms with Crippen molar-refractivity contribution < 1.29 is 13.9 Å². The van der Waals surface area contributed by atoms with E-state index in [0.29, 0.717) is 11.3 Å². The minimum Gasteiger partial charge on any atom is -0.495 e. The highest BCUT2D eigenvalue weighted by Crippen LogP contribution is 2.25. The molecule has 154 valence electrons. The number of carbonyl (C=O) groups is 1. The molecule has 0 radical (unpaired) electrons. The van der Waals surface area contributed by atoms with Gasteiger partial charge in [-0.1, -0.05) is 19.9 Å². The first kappa shape index (κ1) is 21.8. The Hall–Kier alpha value is -2.45. The number of nitrogens with one attached hydrogen (secondary N) is 2. The van der Waals surface area contributed by atoms with Crippen molar-refractivity contribution in [2.75, 3.05) is 26.7 Å². The van der Waals surface area contributed by atoms with Crippen molar-refractivity contribution in [2.45, 2.75) is 32.6 Å². The Morgan fingerprint density at radius 3 is 2.75 bits per heavy atom. The minimum atomic E-state index is -0.755. The van der Waals surface area contributed by atoms with Crippen molar-refractivity contribution in [1.82, 2.24) is 20.6 Å². The molecule has 1 aliphatic heterocycles. The van der Waals surface area contributed by atoms with Gasteiger partial charge in [0.2, 0.25) is 5.91 Å². The molecule has 8 heteroatoms. The first-order valence-electron chi connectivity index (χ1n) is 9.51. The van der Waals surface area contributed by atoms with Crippen LogP contribution in [0.1, 0.15) is 38.2 Å². The van der Waals surface area contributed by atoms with Crippen LogP contribution in [0.2, 0.25) is 0 Å². The largest absolute Gasteiger partial charge is 0.495 e. The fourth-order valence-corrected chi connectivity index (χ4v) is 3.28. The number of methoxy groups -OCH3 is 1. The Morgan fingerprint density at radius 2 is 2.11 bits per heavy atom. The maximum Gasteiger partial charge on any atom is 0.225 e. The summed E-state index contributed by atoms with van der Waals surface area (Å²) in [6, 6.07) is 1.60. The number of halogens is 1. The van der Waals surface area contributed by atoms with Crippen LogP contribution < -0.4 is 21.3 Å². The van der Waals surface area contributed by atoms with Crippen LogP contribution in [0, 0.1) is 5.92 Å². The van der Waals surface area contributed by atoms with Crippen molar-refractivity contribution in [3.8, 4) is 5.75 Å². The van der Waals surface area contributed by atoms with E-state index in [1.54, 1.807) is 6.07 Å². The number of hydrogen-bond acceptors (Lipinski definition) is 6. The number of likely N-dealkylation sites (tertiary alicyclic amines) is 1. The van der Waals surface area contributed by atoms with Gasteiger partial charge in [-0.05, 0) is 37.9 Å². The van der Waals surface area contributed by atoms with Gasteiger partial charge in [0.25, 0.3) is 0 Å². The van der Waals surface area contributed by atoms with E-state index >= 15 is 0 Å². The van der Waals surface area contributed by atoms with Gasteiger partial charge in [-0.25, -0.2) is 10.2 Å². The molecule has 0 spiro atoms. The lowest BCUT2D eigenvalue weighted by atomic mass is 10.0. The molecule has 7 nitrogen and oxygen atoms in total. The lowest BCUT2D eigenvalue weighted by Crippen LogP contribution is -2.38. The number of piperidine rings is 1. The van der Waals surface area contributed by atoms with Gasteiger partial charge in [-0.2, -0.15) is 0 Å². The molecule has 1 fully saturated rings. The van der Waals surface area contributed by atoms with Crippen molar-refractivity contribution in [2.24, 2.45) is 11.8 Å². The summed E-state index contributed by atoms with van der Waals surface area (Å²) in [6.07, 6.45) is 6.92. The maximum atomic E-state index is 14.8. The molecule has 1 amide bonds. The second-order valence-corrected chi connectivity index (χ2v) is 7.14. The summed E-state index contributed by atoms with van der Waals surface area (Å²) in [5.74, 6) is 4.78. The number of pyridine rings is 1. The number of ether oxygens (including phenoxy) is 1. The molecule has 1 saturated heterocycles. The summed E-state index contributed by atoms with van der Waals surface area (Å²) < 4.78 is 19.9. The van der Waals surface area contributed by atoms with Gasteiger partial charge in [-0.15, -0.1) is 0 Å². The summed E-state index contributed by atoms with van der Waals surface area (Å²) in [7, 11) is 1.49. The Morgan fingerprint density at radius 1 is 1.39 bits per heavy atom. The molecular formula is C20H30FN5O2. The summed E-state index contributed by atoms with van der Waals surface area (Å²) in [4.78, 5) is 18.7. The van der Waals surface area contributed by atoms with Gasteiger partial charge in [0.15, 0.2) is 11.6 Å². The number of nitrogens with zero attached hydrogens (tertiary/aromatic N) is 2. The predicted molar refractivity (Wildman–Crippen MR) is 107 cm³/mol. The van der Waals surface area contributed by atoms with Gasteiger partial charge >= 0.3 is 0 Å². The fraction of sp³-hybridized carbons (Fsp3) is 0.500. The molecule has 1 aliphatic rings. The number of rotatable bonds is 9. The highest BCUT2D eigenvalue weighted by atomic mass is 19.1. The molecule has 28 heavy (non-hydrogen) atoms. The van der Waals surface area contributed by atoms with Crippen LogP contribution in [0.5, 0.6) is 5.75 Å². The molecule has 0 saturated carbocycles. The highest BCUT2D eigenvalue weighted by molar-refractivity contribution is 5.81. The van der Waals surface area contributed by atoms with Crippen LogP contribution in [0.15, 0.2) is 36.7 Å². The molecule has 1 atom stereocenters. The van der Waals surface area contributed by atoms with Gasteiger partial charge in [0.05, 0.1) is 13.3 Å². The first-order chi connectivity index (χ1) is 13.4. The first-order valence-corrected chi connectivity index (χ1v) is 9.51. The summed E-state index contributed by atoms with van der Waals surface area (Å²) >= 11 is 0. The summed E-state index contributed by atoms with van der Waals surface area (Å²) in [5, 5.41) is 2.51. The van der Waals surface area contributed by atoms with Crippen LogP contribution in [0.25, 0.3) is 5.57 Å². The standard InChI is InChI=1S/C20H30FN5O2/c1-14(13-26-7-5-4-6-8-26)9-18(27)24-20(25-22)19(21)15(2)16-10-17(28-3)12-23-11-16/h10-12,14,25H,2,4-9,13,22H2,1,3H3,(H,24,27)/b20-19+. The zero-order valence-corrected chi connectivity index (χ0v) is 16.6. The molecule has 1 unspecified atom stereocenters. The van der Waals surface area contributed by atoms with Crippen LogP contribution in [-0.4, -0.2) is 42.5 Å². The number of hydrogen-bond donors (Lipinski definition) is 3. The lowest BCUT2D eigenvalue weighted by molar-refractivity contribution is -0.121. The molecule has 1 aromatic heterocycles. The molecule has 0 bridgehead atoms. The third-order valence-corrected chi connectivity index (χ3v) is 4.74. The zero-order valence-electron chi connectivity index (χ0n) is 16.6. The average Bonchev–Trinajstić information content (AvgIpc) is 2.71. The third kappa shape index (κ3) is 6.31. The second kappa shape index (κ2) is 10.8. The van der Waals surface area contributed by atoms with Crippen LogP contribution in [-0.2, 0) is 4.79 Å². The van der Waals surface area contributed by atoms with E-state index in [1.807, 2.05) is 6.92 Å². The van der Waals surface area contributed by atoms with Crippen molar-refractivity contribution >= 4 is 11.5 Å². The molecule has 0 aliphatic carbocycles. The van der Waals surface area contributed by atoms with Crippen molar-refractivity contribution in [3.63, 3.8) is 0 Å². The zero-order chi connectivity index (χ0) is 20.5. The summed E-state index contributed by atoms with van der Waals surface area (Å²) in [6.45, 7) is 8.75. The lowest BCUT2D eigenvalue weighted by Gasteiger charge is -2.28. The monoisotopic (exact) mass is 391 g/mol. The van der Waals surface area contributed by atoms with E-state index < -0.39 is 5.83 Å². The molecule has 2 rings (SSSR count). The number of amides is 1. The topological polar surface area (TPSA) is 92.5 Å². The Balaban J connectivity index is 1.97. The van der Waals surface area contributed by atoms with E-state index in [2.05, 4.69) is 27.2 Å². The molecule has 4 N–H and O–H groups in total. The van der Waals surface area contributed by atoms with Crippen molar-refractivity contribution in [1.29, 1.82) is 0 Å². The quantitative estimate of drug-likeness (QED) is 0.340. The minimum absolute atomic E-state index is 0.0426. The van der Waals surface area contributed by atoms with E-state index in [9.17, 15) is 9.18 Å². The number of carbonyl (C=O) groups excluding carboxylic acids is 1. The maximum absolute atomic E-state index is 14.8. The van der Waals surface area contributed by atoms with E-state index in [4.69, 9.17) is 10.6 Å². The van der Waals surface area contributed by atoms with Gasteiger partial charge in [-0.3, -0.25) is 9.78 Å². The normalized spacial score (nSPS) is 16.7. The highest BCUT2D eigenvalue weighted by Gasteiger charge is 2.19. The van der Waals surface area contributed by atoms with Crippen molar-refractivity contribution in [3.05, 3.63) is 42.3 Å². The van der Waals surface area contributed by atoms with Crippen LogP contribution >= 0.6 is 0 Å². The Kier molecular flexibility index (Phi) is 8.41. The molecule has 1 aromatic rings. The van der Waals surface area contributed by atoms with Crippen LogP contribution in [0.4, 0.5) is 4.39 Å². The van der Waals surface area contributed by atoms with Gasteiger partial charge in [0, 0.05) is 30.3 Å². The van der Waals surface area contributed by atoms with E-state index in [0.717, 1.165) is 19.6 Å². The molecule has 0 aromatic carbocycles. The predicted octanol–water partition coefficient (Wildman–Crippen LogP) is 2.33. The number of nitrogens with two attached hydrogens (primary N) is 1. The van der Waals surface area contributed by atoms with Gasteiger partial charge in [0.1, 0.15) is 5.75 Å². The van der Waals surface area contributed by atoms with E-state index in [1.165, 1.54) is 38.8 Å². The smallest absolute Gasteiger partial charge is 0.225 e. The second-order valence-electron chi connectivity index (χ2n) is 7.14. The molecule has 2 heterocycles. The number of aromatic nitrogens is 1. The van der Waals surface area contributed by atoms with Gasteiger partial charge < -0.3 is 20.4 Å². The fourth-order valence-electron chi connectivity index (χ4n) is 3.28. The molecular weight excluding hydrogens is 361 g/mol. The summed E-state index contributed by atoms with van der Waals surface area (Å²) in [5.41, 5.74) is 2.69. The average molecular weight is 391 g/mol. The Labute approximate surface area is 165 Å².